The number of aromatic nitrogens is 3. The number of aromatic hydroxyl groups is 1. The standard InChI is InChI=1S/C26H28N4O3/c1-3-4-8-18-11-12-22-21(15-18)19(16-28-22)13-14-27-17(2)23-24(31)29-26(33)30(25(23)32)20-9-6-5-7-10-20/h5-7,9-12,15-16,28,32H,3-4,8,13-14H2,1-2H3,(H,29,31,33). The molecule has 3 N–H and O–H groups in total. The first-order chi connectivity index (χ1) is 16.0. The van der Waals surface area contributed by atoms with Gasteiger partial charge in [0.2, 0.25) is 5.88 Å². The third kappa shape index (κ3) is 4.67. The Balaban J connectivity index is 1.59. The van der Waals surface area contributed by atoms with Crippen molar-refractivity contribution in [1.82, 2.24) is 14.5 Å². The molecule has 0 aliphatic heterocycles. The molecule has 0 fully saturated rings. The van der Waals surface area contributed by atoms with Gasteiger partial charge in [-0.1, -0.05) is 37.6 Å². The zero-order valence-corrected chi connectivity index (χ0v) is 18.9. The number of fused-ring (bicyclic) bond motifs is 1. The molecule has 2 heterocycles. The Kier molecular flexibility index (Phi) is 6.58. The fraction of sp³-hybridized carbons (Fsp3) is 0.269. The Labute approximate surface area is 191 Å². The van der Waals surface area contributed by atoms with E-state index in [1.165, 1.54) is 10.9 Å². The molecule has 33 heavy (non-hydrogen) atoms. The summed E-state index contributed by atoms with van der Waals surface area (Å²) in [6.45, 7) is 4.30. The lowest BCUT2D eigenvalue weighted by Gasteiger charge is -2.11. The summed E-state index contributed by atoms with van der Waals surface area (Å²) in [4.78, 5) is 34.9. The Hall–Kier alpha value is -3.87. The molecule has 0 aliphatic carbocycles. The molecule has 7 heteroatoms. The van der Waals surface area contributed by atoms with E-state index in [9.17, 15) is 14.7 Å². The zero-order valence-electron chi connectivity index (χ0n) is 18.9. The number of rotatable bonds is 8. The fourth-order valence-electron chi connectivity index (χ4n) is 4.06. The molecule has 0 saturated carbocycles. The molecule has 7 nitrogen and oxygen atoms in total. The van der Waals surface area contributed by atoms with Crippen molar-refractivity contribution in [3.05, 3.63) is 92.3 Å². The van der Waals surface area contributed by atoms with Gasteiger partial charge in [0, 0.05) is 29.4 Å². The van der Waals surface area contributed by atoms with Gasteiger partial charge in [0.25, 0.3) is 5.56 Å². The van der Waals surface area contributed by atoms with Crippen molar-refractivity contribution in [2.75, 3.05) is 6.54 Å². The van der Waals surface area contributed by atoms with Crippen LogP contribution in [0.5, 0.6) is 5.88 Å². The number of nitrogens with one attached hydrogen (secondary N) is 2. The van der Waals surface area contributed by atoms with Gasteiger partial charge in [-0.15, -0.1) is 0 Å². The van der Waals surface area contributed by atoms with Gasteiger partial charge in [0.1, 0.15) is 5.56 Å². The van der Waals surface area contributed by atoms with Crippen molar-refractivity contribution in [3.63, 3.8) is 0 Å². The summed E-state index contributed by atoms with van der Waals surface area (Å²) in [6, 6.07) is 15.2. The Morgan fingerprint density at radius 1 is 1.09 bits per heavy atom. The van der Waals surface area contributed by atoms with E-state index in [4.69, 9.17) is 0 Å². The van der Waals surface area contributed by atoms with Crippen LogP contribution in [0.15, 0.2) is 69.3 Å². The monoisotopic (exact) mass is 444 g/mol. The van der Waals surface area contributed by atoms with Crippen molar-refractivity contribution in [2.24, 2.45) is 4.99 Å². The fourth-order valence-corrected chi connectivity index (χ4v) is 4.06. The summed E-state index contributed by atoms with van der Waals surface area (Å²) in [5, 5.41) is 11.9. The average molecular weight is 445 g/mol. The lowest BCUT2D eigenvalue weighted by atomic mass is 10.0. The third-order valence-corrected chi connectivity index (χ3v) is 5.84. The van der Waals surface area contributed by atoms with Crippen LogP contribution >= 0.6 is 0 Å². The molecule has 0 radical (unpaired) electrons. The maximum Gasteiger partial charge on any atom is 0.335 e. The molecule has 2 aromatic carbocycles. The molecule has 0 unspecified atom stereocenters. The summed E-state index contributed by atoms with van der Waals surface area (Å²) < 4.78 is 1.08. The van der Waals surface area contributed by atoms with E-state index in [-0.39, 0.29) is 5.56 Å². The van der Waals surface area contributed by atoms with Gasteiger partial charge in [-0.25, -0.2) is 9.36 Å². The molecular formula is C26H28N4O3. The van der Waals surface area contributed by atoms with Crippen LogP contribution in [-0.4, -0.2) is 31.9 Å². The maximum atomic E-state index is 12.5. The molecule has 4 rings (SSSR count). The van der Waals surface area contributed by atoms with Crippen LogP contribution in [0.3, 0.4) is 0 Å². The van der Waals surface area contributed by atoms with Crippen molar-refractivity contribution in [1.29, 1.82) is 0 Å². The first-order valence-corrected chi connectivity index (χ1v) is 11.2. The minimum Gasteiger partial charge on any atom is -0.493 e. The van der Waals surface area contributed by atoms with Crippen LogP contribution in [0.1, 0.15) is 43.4 Å². The van der Waals surface area contributed by atoms with E-state index in [2.05, 4.69) is 40.1 Å². The molecule has 0 aliphatic rings. The van der Waals surface area contributed by atoms with Gasteiger partial charge in [0.15, 0.2) is 0 Å². The summed E-state index contributed by atoms with van der Waals surface area (Å²) in [6.07, 6.45) is 6.07. The summed E-state index contributed by atoms with van der Waals surface area (Å²) in [5.41, 5.74) is 3.06. The minimum absolute atomic E-state index is 0.000711. The van der Waals surface area contributed by atoms with Crippen LogP contribution in [0.25, 0.3) is 16.6 Å². The van der Waals surface area contributed by atoms with Crippen molar-refractivity contribution >= 4 is 16.6 Å². The second-order valence-electron chi connectivity index (χ2n) is 8.14. The van der Waals surface area contributed by atoms with Gasteiger partial charge in [-0.05, 0) is 61.6 Å². The molecule has 0 atom stereocenters. The normalized spacial score (nSPS) is 11.9. The number of aromatic amines is 2. The van der Waals surface area contributed by atoms with Gasteiger partial charge in [-0.2, -0.15) is 0 Å². The van der Waals surface area contributed by atoms with E-state index >= 15 is 0 Å². The number of nitrogens with zero attached hydrogens (tertiary/aromatic N) is 2. The minimum atomic E-state index is -0.696. The zero-order chi connectivity index (χ0) is 23.4. The van der Waals surface area contributed by atoms with E-state index < -0.39 is 17.1 Å². The second kappa shape index (κ2) is 9.73. The van der Waals surface area contributed by atoms with Crippen LogP contribution in [0.4, 0.5) is 0 Å². The van der Waals surface area contributed by atoms with E-state index in [1.807, 2.05) is 12.3 Å². The quantitative estimate of drug-likeness (QED) is 0.356. The van der Waals surface area contributed by atoms with Crippen molar-refractivity contribution < 1.29 is 5.11 Å². The lowest BCUT2D eigenvalue weighted by molar-refractivity contribution is 0.429. The second-order valence-corrected chi connectivity index (χ2v) is 8.14. The highest BCUT2D eigenvalue weighted by atomic mass is 16.3. The Morgan fingerprint density at radius 3 is 2.64 bits per heavy atom. The van der Waals surface area contributed by atoms with Crippen molar-refractivity contribution in [2.45, 2.75) is 39.5 Å². The number of aliphatic imine (C=N–C) groups is 1. The molecule has 4 aromatic rings. The van der Waals surface area contributed by atoms with Crippen LogP contribution < -0.4 is 11.2 Å². The molecule has 170 valence electrons. The molecular weight excluding hydrogens is 416 g/mol. The number of hydrogen-bond acceptors (Lipinski definition) is 4. The number of H-pyrrole nitrogens is 2. The highest BCUT2D eigenvalue weighted by Crippen LogP contribution is 2.22. The Bertz CT molecular complexity index is 1410. The van der Waals surface area contributed by atoms with E-state index in [1.54, 1.807) is 31.2 Å². The van der Waals surface area contributed by atoms with Crippen LogP contribution in [0, 0.1) is 0 Å². The van der Waals surface area contributed by atoms with Gasteiger partial charge >= 0.3 is 5.69 Å². The van der Waals surface area contributed by atoms with E-state index in [0.717, 1.165) is 34.9 Å². The largest absolute Gasteiger partial charge is 0.493 e. The highest BCUT2D eigenvalue weighted by Gasteiger charge is 2.17. The smallest absolute Gasteiger partial charge is 0.335 e. The van der Waals surface area contributed by atoms with Crippen molar-refractivity contribution in [3.8, 4) is 11.6 Å². The number of aryl methyl sites for hydroxylation is 1. The molecule has 0 bridgehead atoms. The molecule has 0 saturated heterocycles. The predicted octanol–water partition coefficient (Wildman–Crippen LogP) is 4.11. The maximum absolute atomic E-state index is 12.5. The van der Waals surface area contributed by atoms with Gasteiger partial charge < -0.3 is 10.1 Å². The topological polar surface area (TPSA) is 103 Å². The molecule has 0 spiro atoms. The number of unbranched alkanes of at least 4 members (excludes halogenated alkanes) is 1. The van der Waals surface area contributed by atoms with E-state index in [0.29, 0.717) is 24.4 Å². The Morgan fingerprint density at radius 2 is 1.88 bits per heavy atom. The summed E-state index contributed by atoms with van der Waals surface area (Å²) in [7, 11) is 0. The summed E-state index contributed by atoms with van der Waals surface area (Å²) >= 11 is 0. The third-order valence-electron chi connectivity index (χ3n) is 5.84. The number of hydrogen-bond donors (Lipinski definition) is 3. The van der Waals surface area contributed by atoms with Gasteiger partial charge in [0.05, 0.1) is 5.69 Å². The molecule has 2 aromatic heterocycles. The average Bonchev–Trinajstić information content (AvgIpc) is 3.20. The lowest BCUT2D eigenvalue weighted by Crippen LogP contribution is -2.32. The molecule has 0 amide bonds. The number of para-hydroxylation sites is 1. The predicted molar refractivity (Wildman–Crippen MR) is 132 cm³/mol. The highest BCUT2D eigenvalue weighted by molar-refractivity contribution is 6.00. The van der Waals surface area contributed by atoms with Gasteiger partial charge in [-0.3, -0.25) is 14.8 Å². The number of benzene rings is 2. The SMILES string of the molecule is CCCCc1ccc2[nH]cc(CCN=C(C)c3c(O)n(-c4ccccc4)c(=O)[nH]c3=O)c2c1. The van der Waals surface area contributed by atoms with Crippen LogP contribution in [-0.2, 0) is 12.8 Å². The summed E-state index contributed by atoms with van der Waals surface area (Å²) in [5.74, 6) is -0.413. The van der Waals surface area contributed by atoms with Crippen LogP contribution in [0.2, 0.25) is 0 Å². The first-order valence-electron chi connectivity index (χ1n) is 11.2. The first kappa shape index (κ1) is 22.3.